The van der Waals surface area contributed by atoms with Crippen LogP contribution >= 0.6 is 0 Å². The third kappa shape index (κ3) is 3.04. The van der Waals surface area contributed by atoms with E-state index in [-0.39, 0.29) is 0 Å². The number of aryl methyl sites for hydroxylation is 1. The lowest BCUT2D eigenvalue weighted by Gasteiger charge is -2.20. The molecule has 0 saturated carbocycles. The van der Waals surface area contributed by atoms with E-state index in [1.807, 2.05) is 25.1 Å². The lowest BCUT2D eigenvalue weighted by atomic mass is 10.0. The molecule has 1 aromatic carbocycles. The average Bonchev–Trinajstić information content (AvgIpc) is 2.16. The summed E-state index contributed by atoms with van der Waals surface area (Å²) in [4.78, 5) is 0. The zero-order chi connectivity index (χ0) is 12.3. The van der Waals surface area contributed by atoms with E-state index in [0.29, 0.717) is 0 Å². The Kier molecular flexibility index (Phi) is 4.07. The Bertz CT molecular complexity index is 456. The highest BCUT2D eigenvalue weighted by Crippen LogP contribution is 2.20. The van der Waals surface area contributed by atoms with Crippen molar-refractivity contribution in [1.29, 1.82) is 0 Å². The van der Waals surface area contributed by atoms with Gasteiger partial charge in [0.1, 0.15) is 5.25 Å². The molecule has 90 valence electrons. The number of sulfone groups is 1. The van der Waals surface area contributed by atoms with Gasteiger partial charge < -0.3 is 10.8 Å². The van der Waals surface area contributed by atoms with Gasteiger partial charge in [0.15, 0.2) is 9.84 Å². The molecule has 0 amide bonds. The number of hydrogen-bond donors (Lipinski definition) is 2. The molecule has 0 aliphatic rings. The van der Waals surface area contributed by atoms with Crippen molar-refractivity contribution in [2.24, 2.45) is 5.73 Å². The normalized spacial score (nSPS) is 15.8. The van der Waals surface area contributed by atoms with Gasteiger partial charge in [-0.05, 0) is 12.5 Å². The van der Waals surface area contributed by atoms with Crippen LogP contribution < -0.4 is 5.73 Å². The molecule has 0 aliphatic heterocycles. The molecule has 16 heavy (non-hydrogen) atoms. The van der Waals surface area contributed by atoms with Crippen molar-refractivity contribution in [2.75, 3.05) is 12.9 Å². The summed E-state index contributed by atoms with van der Waals surface area (Å²) in [7, 11) is -3.35. The van der Waals surface area contributed by atoms with E-state index in [9.17, 15) is 8.42 Å². The standard InChI is InChI=1S/C11H17NO3S/c1-8-4-3-5-9(6-8)11(12)10(7-13)16(2,14)15/h3-6,10-11,13H,7,12H2,1-2H3. The Morgan fingerprint density at radius 3 is 2.50 bits per heavy atom. The smallest absolute Gasteiger partial charge is 0.154 e. The molecule has 0 spiro atoms. The lowest BCUT2D eigenvalue weighted by Crippen LogP contribution is -2.36. The van der Waals surface area contributed by atoms with Gasteiger partial charge in [0, 0.05) is 12.3 Å². The minimum Gasteiger partial charge on any atom is -0.395 e. The summed E-state index contributed by atoms with van der Waals surface area (Å²) in [5, 5.41) is 8.15. The molecule has 0 radical (unpaired) electrons. The molecule has 4 nitrogen and oxygen atoms in total. The zero-order valence-corrected chi connectivity index (χ0v) is 10.2. The molecule has 3 N–H and O–H groups in total. The minimum absolute atomic E-state index is 0.464. The maximum absolute atomic E-state index is 11.4. The van der Waals surface area contributed by atoms with Crippen molar-refractivity contribution in [1.82, 2.24) is 0 Å². The topological polar surface area (TPSA) is 80.4 Å². The fraction of sp³-hybridized carbons (Fsp3) is 0.455. The maximum atomic E-state index is 11.4. The predicted octanol–water partition coefficient (Wildman–Crippen LogP) is 0.400. The van der Waals surface area contributed by atoms with Gasteiger partial charge in [-0.25, -0.2) is 8.42 Å². The first-order valence-electron chi connectivity index (χ1n) is 4.98. The van der Waals surface area contributed by atoms with E-state index in [4.69, 9.17) is 10.8 Å². The highest BCUT2D eigenvalue weighted by atomic mass is 32.2. The second-order valence-corrected chi connectivity index (χ2v) is 6.26. The van der Waals surface area contributed by atoms with Crippen molar-refractivity contribution < 1.29 is 13.5 Å². The van der Waals surface area contributed by atoms with Gasteiger partial charge in [0.2, 0.25) is 0 Å². The molecule has 2 atom stereocenters. The summed E-state index contributed by atoms with van der Waals surface area (Å²) in [5.74, 6) is 0. The van der Waals surface area contributed by atoms with Crippen LogP contribution in [0.15, 0.2) is 24.3 Å². The van der Waals surface area contributed by atoms with E-state index < -0.39 is 27.7 Å². The van der Waals surface area contributed by atoms with Gasteiger partial charge in [-0.3, -0.25) is 0 Å². The van der Waals surface area contributed by atoms with Crippen molar-refractivity contribution in [3.05, 3.63) is 35.4 Å². The second-order valence-electron chi connectivity index (χ2n) is 3.99. The lowest BCUT2D eigenvalue weighted by molar-refractivity contribution is 0.278. The first-order valence-corrected chi connectivity index (χ1v) is 6.93. The molecule has 2 unspecified atom stereocenters. The van der Waals surface area contributed by atoms with E-state index in [1.54, 1.807) is 6.07 Å². The number of hydrogen-bond acceptors (Lipinski definition) is 4. The fourth-order valence-corrected chi connectivity index (χ4v) is 2.57. The van der Waals surface area contributed by atoms with Gasteiger partial charge in [-0.1, -0.05) is 29.8 Å². The van der Waals surface area contributed by atoms with Gasteiger partial charge in [0.05, 0.1) is 6.61 Å². The maximum Gasteiger partial charge on any atom is 0.154 e. The molecule has 0 aromatic heterocycles. The monoisotopic (exact) mass is 243 g/mol. The Labute approximate surface area is 96.0 Å². The molecular formula is C11H17NO3S. The summed E-state index contributed by atoms with van der Waals surface area (Å²) >= 11 is 0. The van der Waals surface area contributed by atoms with Crippen LogP contribution in [0, 0.1) is 6.92 Å². The summed E-state index contributed by atoms with van der Waals surface area (Å²) in [6.45, 7) is 1.44. The van der Waals surface area contributed by atoms with E-state index in [2.05, 4.69) is 0 Å². The second kappa shape index (κ2) is 4.95. The van der Waals surface area contributed by atoms with Crippen molar-refractivity contribution in [3.8, 4) is 0 Å². The first-order chi connectivity index (χ1) is 7.36. The van der Waals surface area contributed by atoms with Crippen LogP contribution in [0.25, 0.3) is 0 Å². The molecule has 0 aliphatic carbocycles. The Balaban J connectivity index is 3.05. The number of nitrogens with two attached hydrogens (primary N) is 1. The highest BCUT2D eigenvalue weighted by molar-refractivity contribution is 7.91. The molecule has 0 saturated heterocycles. The van der Waals surface area contributed by atoms with Crippen LogP contribution in [0.2, 0.25) is 0 Å². The van der Waals surface area contributed by atoms with E-state index in [0.717, 1.165) is 17.4 Å². The van der Waals surface area contributed by atoms with Crippen LogP contribution in [0.3, 0.4) is 0 Å². The third-order valence-electron chi connectivity index (χ3n) is 2.56. The Hall–Kier alpha value is -0.910. The molecule has 0 bridgehead atoms. The van der Waals surface area contributed by atoms with Gasteiger partial charge >= 0.3 is 0 Å². The highest BCUT2D eigenvalue weighted by Gasteiger charge is 2.28. The van der Waals surface area contributed by atoms with E-state index in [1.165, 1.54) is 0 Å². The third-order valence-corrected chi connectivity index (χ3v) is 4.10. The summed E-state index contributed by atoms with van der Waals surface area (Å²) in [6, 6.07) is 6.63. The largest absolute Gasteiger partial charge is 0.395 e. The van der Waals surface area contributed by atoms with Crippen LogP contribution in [0.1, 0.15) is 17.2 Å². The molecule has 0 fully saturated rings. The van der Waals surface area contributed by atoms with Crippen molar-refractivity contribution >= 4 is 9.84 Å². The van der Waals surface area contributed by atoms with Crippen LogP contribution in [0.4, 0.5) is 0 Å². The molecule has 5 heteroatoms. The van der Waals surface area contributed by atoms with Gasteiger partial charge in [-0.15, -0.1) is 0 Å². The minimum atomic E-state index is -3.35. The number of aliphatic hydroxyl groups is 1. The Morgan fingerprint density at radius 1 is 1.44 bits per heavy atom. The summed E-state index contributed by atoms with van der Waals surface area (Å²) < 4.78 is 22.8. The average molecular weight is 243 g/mol. The van der Waals surface area contributed by atoms with Crippen molar-refractivity contribution in [3.63, 3.8) is 0 Å². The van der Waals surface area contributed by atoms with Gasteiger partial charge in [-0.2, -0.15) is 0 Å². The molecular weight excluding hydrogens is 226 g/mol. The van der Waals surface area contributed by atoms with Crippen LogP contribution in [0.5, 0.6) is 0 Å². The zero-order valence-electron chi connectivity index (χ0n) is 9.42. The fourth-order valence-electron chi connectivity index (χ4n) is 1.61. The van der Waals surface area contributed by atoms with Crippen LogP contribution in [-0.2, 0) is 9.84 Å². The first kappa shape index (κ1) is 13.2. The number of benzene rings is 1. The summed E-state index contributed by atoms with van der Waals surface area (Å²) in [6.07, 6.45) is 1.09. The quantitative estimate of drug-likeness (QED) is 0.802. The number of aliphatic hydroxyl groups excluding tert-OH is 1. The number of rotatable bonds is 4. The molecule has 0 heterocycles. The molecule has 1 rings (SSSR count). The van der Waals surface area contributed by atoms with Crippen molar-refractivity contribution in [2.45, 2.75) is 18.2 Å². The van der Waals surface area contributed by atoms with Crippen LogP contribution in [-0.4, -0.2) is 31.6 Å². The Morgan fingerprint density at radius 2 is 2.06 bits per heavy atom. The SMILES string of the molecule is Cc1cccc(C(N)C(CO)S(C)(=O)=O)c1. The predicted molar refractivity (Wildman–Crippen MR) is 63.8 cm³/mol. The van der Waals surface area contributed by atoms with Gasteiger partial charge in [0.25, 0.3) is 0 Å². The summed E-state index contributed by atoms with van der Waals surface area (Å²) in [5.41, 5.74) is 7.60. The van der Waals surface area contributed by atoms with E-state index >= 15 is 0 Å². The molecule has 1 aromatic rings.